The van der Waals surface area contributed by atoms with Gasteiger partial charge in [0.2, 0.25) is 5.91 Å². The third-order valence-corrected chi connectivity index (χ3v) is 3.19. The van der Waals surface area contributed by atoms with E-state index < -0.39 is 5.91 Å². The van der Waals surface area contributed by atoms with Crippen LogP contribution in [0.25, 0.3) is 0 Å². The molecular formula is C12H15N3OS. The number of hydrogen-bond donors (Lipinski definition) is 1. The SMILES string of the molecule is CCCCc1ccc(C#N)c(SCC(N)=O)n1. The highest BCUT2D eigenvalue weighted by atomic mass is 32.2. The number of thioether (sulfide) groups is 1. The lowest BCUT2D eigenvalue weighted by molar-refractivity contribution is -0.115. The minimum absolute atomic E-state index is 0.152. The molecule has 1 heterocycles. The highest BCUT2D eigenvalue weighted by Gasteiger charge is 2.07. The van der Waals surface area contributed by atoms with Gasteiger partial charge >= 0.3 is 0 Å². The Hall–Kier alpha value is -1.54. The van der Waals surface area contributed by atoms with Crippen molar-refractivity contribution >= 4 is 17.7 Å². The molecule has 2 N–H and O–H groups in total. The molecular weight excluding hydrogens is 234 g/mol. The molecule has 0 atom stereocenters. The van der Waals surface area contributed by atoms with Gasteiger partial charge in [-0.15, -0.1) is 0 Å². The van der Waals surface area contributed by atoms with Crippen LogP contribution in [0.1, 0.15) is 31.0 Å². The van der Waals surface area contributed by atoms with Crippen LogP contribution >= 0.6 is 11.8 Å². The van der Waals surface area contributed by atoms with Crippen molar-refractivity contribution in [1.82, 2.24) is 4.98 Å². The number of rotatable bonds is 6. The Bertz CT molecular complexity index is 440. The Morgan fingerprint density at radius 3 is 2.94 bits per heavy atom. The van der Waals surface area contributed by atoms with Crippen molar-refractivity contribution in [2.75, 3.05) is 5.75 Å². The molecule has 90 valence electrons. The van der Waals surface area contributed by atoms with Crippen LogP contribution in [0.4, 0.5) is 0 Å². The van der Waals surface area contributed by atoms with Crippen LogP contribution in [-0.2, 0) is 11.2 Å². The molecule has 0 unspecified atom stereocenters. The Balaban J connectivity index is 2.83. The second-order valence-corrected chi connectivity index (χ2v) is 4.59. The number of aromatic nitrogens is 1. The number of amides is 1. The number of carbonyl (C=O) groups excluding carboxylic acids is 1. The summed E-state index contributed by atoms with van der Waals surface area (Å²) < 4.78 is 0. The Labute approximate surface area is 105 Å². The minimum Gasteiger partial charge on any atom is -0.369 e. The summed E-state index contributed by atoms with van der Waals surface area (Å²) in [5, 5.41) is 9.53. The molecule has 0 radical (unpaired) electrons. The van der Waals surface area contributed by atoms with E-state index >= 15 is 0 Å². The molecule has 0 aromatic carbocycles. The van der Waals surface area contributed by atoms with Gasteiger partial charge in [-0.1, -0.05) is 25.1 Å². The van der Waals surface area contributed by atoms with E-state index in [0.29, 0.717) is 10.6 Å². The summed E-state index contributed by atoms with van der Waals surface area (Å²) in [7, 11) is 0. The maximum atomic E-state index is 10.7. The van der Waals surface area contributed by atoms with E-state index in [1.54, 1.807) is 6.07 Å². The first kappa shape index (κ1) is 13.5. The lowest BCUT2D eigenvalue weighted by atomic mass is 10.2. The number of nitrogens with zero attached hydrogens (tertiary/aromatic N) is 2. The zero-order valence-electron chi connectivity index (χ0n) is 9.77. The highest BCUT2D eigenvalue weighted by Crippen LogP contribution is 2.20. The topological polar surface area (TPSA) is 79.8 Å². The summed E-state index contributed by atoms with van der Waals surface area (Å²) in [6.45, 7) is 2.12. The third-order valence-electron chi connectivity index (χ3n) is 2.18. The average Bonchev–Trinajstić information content (AvgIpc) is 2.33. The maximum Gasteiger partial charge on any atom is 0.227 e. The zero-order chi connectivity index (χ0) is 12.7. The van der Waals surface area contributed by atoms with Gasteiger partial charge in [0.15, 0.2) is 0 Å². The van der Waals surface area contributed by atoms with Crippen molar-refractivity contribution < 1.29 is 4.79 Å². The minimum atomic E-state index is -0.403. The molecule has 0 saturated heterocycles. The van der Waals surface area contributed by atoms with Crippen LogP contribution in [0.15, 0.2) is 17.2 Å². The summed E-state index contributed by atoms with van der Waals surface area (Å²) in [5.41, 5.74) is 6.53. The van der Waals surface area contributed by atoms with E-state index in [9.17, 15) is 4.79 Å². The number of pyridine rings is 1. The number of aryl methyl sites for hydroxylation is 1. The van der Waals surface area contributed by atoms with Crippen molar-refractivity contribution in [3.8, 4) is 6.07 Å². The molecule has 5 heteroatoms. The van der Waals surface area contributed by atoms with Crippen molar-refractivity contribution in [2.24, 2.45) is 5.73 Å². The van der Waals surface area contributed by atoms with E-state index in [4.69, 9.17) is 11.0 Å². The summed E-state index contributed by atoms with van der Waals surface area (Å²) in [6, 6.07) is 5.68. The lowest BCUT2D eigenvalue weighted by Crippen LogP contribution is -2.13. The number of nitrogens with two attached hydrogens (primary N) is 1. The average molecular weight is 249 g/mol. The fourth-order valence-electron chi connectivity index (χ4n) is 1.31. The second kappa shape index (κ2) is 6.92. The van der Waals surface area contributed by atoms with Crippen molar-refractivity contribution in [3.05, 3.63) is 23.4 Å². The van der Waals surface area contributed by atoms with Gasteiger partial charge in [0, 0.05) is 5.69 Å². The number of hydrogen-bond acceptors (Lipinski definition) is 4. The molecule has 0 spiro atoms. The molecule has 4 nitrogen and oxygen atoms in total. The highest BCUT2D eigenvalue weighted by molar-refractivity contribution is 7.99. The molecule has 0 aliphatic heterocycles. The number of nitriles is 1. The van der Waals surface area contributed by atoms with E-state index in [2.05, 4.69) is 18.0 Å². The van der Waals surface area contributed by atoms with Crippen LogP contribution in [0.5, 0.6) is 0 Å². The van der Waals surface area contributed by atoms with Crippen LogP contribution < -0.4 is 5.73 Å². The fourth-order valence-corrected chi connectivity index (χ4v) is 2.04. The summed E-state index contributed by atoms with van der Waals surface area (Å²) in [5.74, 6) is -0.251. The van der Waals surface area contributed by atoms with Crippen LogP contribution in [-0.4, -0.2) is 16.6 Å². The van der Waals surface area contributed by atoms with E-state index in [1.165, 1.54) is 11.8 Å². The van der Waals surface area contributed by atoms with Gasteiger partial charge in [-0.05, 0) is 25.0 Å². The van der Waals surface area contributed by atoms with Gasteiger partial charge in [0.05, 0.1) is 11.3 Å². The molecule has 17 heavy (non-hydrogen) atoms. The molecule has 0 fully saturated rings. The van der Waals surface area contributed by atoms with Crippen molar-refractivity contribution in [2.45, 2.75) is 31.2 Å². The van der Waals surface area contributed by atoms with Gasteiger partial charge in [-0.25, -0.2) is 4.98 Å². The van der Waals surface area contributed by atoms with Gasteiger partial charge < -0.3 is 5.73 Å². The second-order valence-electron chi connectivity index (χ2n) is 3.63. The largest absolute Gasteiger partial charge is 0.369 e. The predicted octanol–water partition coefficient (Wildman–Crippen LogP) is 1.87. The third kappa shape index (κ3) is 4.45. The van der Waals surface area contributed by atoms with Gasteiger partial charge in [0.25, 0.3) is 0 Å². The van der Waals surface area contributed by atoms with E-state index in [-0.39, 0.29) is 5.75 Å². The van der Waals surface area contributed by atoms with Gasteiger partial charge in [0.1, 0.15) is 11.1 Å². The summed E-state index contributed by atoms with van der Waals surface area (Å²) in [6.07, 6.45) is 3.07. The maximum absolute atomic E-state index is 10.7. The predicted molar refractivity (Wildman–Crippen MR) is 67.5 cm³/mol. The zero-order valence-corrected chi connectivity index (χ0v) is 10.6. The van der Waals surface area contributed by atoms with E-state index in [0.717, 1.165) is 25.0 Å². The molecule has 1 rings (SSSR count). The summed E-state index contributed by atoms with van der Waals surface area (Å²) in [4.78, 5) is 15.1. The monoisotopic (exact) mass is 249 g/mol. The molecule has 1 amide bonds. The molecule has 0 aliphatic carbocycles. The molecule has 0 saturated carbocycles. The smallest absolute Gasteiger partial charge is 0.227 e. The molecule has 0 bridgehead atoms. The summed E-state index contributed by atoms with van der Waals surface area (Å²) >= 11 is 1.22. The Morgan fingerprint density at radius 2 is 2.35 bits per heavy atom. The van der Waals surface area contributed by atoms with Crippen LogP contribution in [0, 0.1) is 11.3 Å². The molecule has 0 aliphatic rings. The lowest BCUT2D eigenvalue weighted by Gasteiger charge is -2.05. The molecule has 1 aromatic rings. The first-order valence-electron chi connectivity index (χ1n) is 5.48. The fraction of sp³-hybridized carbons (Fsp3) is 0.417. The quantitative estimate of drug-likeness (QED) is 0.780. The van der Waals surface area contributed by atoms with Crippen molar-refractivity contribution in [1.29, 1.82) is 5.26 Å². The van der Waals surface area contributed by atoms with Crippen LogP contribution in [0.2, 0.25) is 0 Å². The van der Waals surface area contributed by atoms with Crippen molar-refractivity contribution in [3.63, 3.8) is 0 Å². The normalized spacial score (nSPS) is 9.88. The number of unbranched alkanes of at least 4 members (excludes halogenated alkanes) is 1. The number of carbonyl (C=O) groups is 1. The standard InChI is InChI=1S/C12H15N3OS/c1-2-3-4-10-6-5-9(7-13)12(15-10)17-8-11(14)16/h5-6H,2-4,8H2,1H3,(H2,14,16). The number of primary amides is 1. The van der Waals surface area contributed by atoms with E-state index in [1.807, 2.05) is 6.07 Å². The Kier molecular flexibility index (Phi) is 5.50. The molecule has 1 aromatic heterocycles. The first-order chi connectivity index (χ1) is 8.17. The Morgan fingerprint density at radius 1 is 1.59 bits per heavy atom. The van der Waals surface area contributed by atoms with Gasteiger partial charge in [-0.3, -0.25) is 4.79 Å². The first-order valence-corrected chi connectivity index (χ1v) is 6.47. The van der Waals surface area contributed by atoms with Gasteiger partial charge in [-0.2, -0.15) is 5.26 Å². The van der Waals surface area contributed by atoms with Crippen LogP contribution in [0.3, 0.4) is 0 Å².